The van der Waals surface area contributed by atoms with E-state index in [-0.39, 0.29) is 5.91 Å². The van der Waals surface area contributed by atoms with E-state index in [2.05, 4.69) is 22.2 Å². The van der Waals surface area contributed by atoms with Crippen LogP contribution in [0.15, 0.2) is 36.4 Å². The normalized spacial score (nSPS) is 17.9. The number of carbonyl (C=O) groups excluding carboxylic acids is 1. The summed E-state index contributed by atoms with van der Waals surface area (Å²) in [5.74, 6) is 0.255. The van der Waals surface area contributed by atoms with E-state index in [1.807, 2.05) is 0 Å². The molecule has 0 saturated heterocycles. The molecule has 0 radical (unpaired) electrons. The van der Waals surface area contributed by atoms with Crippen molar-refractivity contribution in [3.8, 4) is 0 Å². The first-order valence-corrected chi connectivity index (χ1v) is 8.36. The zero-order chi connectivity index (χ0) is 14.6. The highest BCUT2D eigenvalue weighted by Gasteiger charge is 2.14. The summed E-state index contributed by atoms with van der Waals surface area (Å²) < 4.78 is 24.7. The van der Waals surface area contributed by atoms with Gasteiger partial charge >= 0.3 is 0 Å². The monoisotopic (exact) mass is 294 g/mol. The predicted octanol–water partition coefficient (Wildman–Crippen LogP) is 2.35. The summed E-state index contributed by atoms with van der Waals surface area (Å²) >= 11 is 0. The molecule has 0 fully saturated rings. The second-order valence-corrected chi connectivity index (χ2v) is 6.72. The number of hydrogen-bond acceptors (Lipinski definition) is 3. The van der Waals surface area contributed by atoms with Crippen LogP contribution >= 0.6 is 0 Å². The molecule has 2 rings (SSSR count). The van der Waals surface area contributed by atoms with E-state index in [1.54, 1.807) is 24.3 Å². The first kappa shape index (κ1) is 14.6. The van der Waals surface area contributed by atoms with E-state index < -0.39 is 10.0 Å². The van der Waals surface area contributed by atoms with Crippen molar-refractivity contribution in [2.75, 3.05) is 16.3 Å². The lowest BCUT2D eigenvalue weighted by molar-refractivity contribution is -0.116. The van der Waals surface area contributed by atoms with Gasteiger partial charge in [0.2, 0.25) is 15.9 Å². The van der Waals surface area contributed by atoms with Gasteiger partial charge in [-0.2, -0.15) is 0 Å². The molecule has 0 saturated carbocycles. The SMILES string of the molecule is CS(=O)(=O)Nc1cccc(NC(=O)CC2C=CCC2)c1. The van der Waals surface area contributed by atoms with Crippen LogP contribution in [0.4, 0.5) is 11.4 Å². The van der Waals surface area contributed by atoms with Crippen LogP contribution in [0, 0.1) is 5.92 Å². The lowest BCUT2D eigenvalue weighted by Gasteiger charge is -2.10. The molecule has 1 aliphatic carbocycles. The van der Waals surface area contributed by atoms with Gasteiger partial charge in [0, 0.05) is 12.1 Å². The third kappa shape index (κ3) is 4.70. The molecule has 1 unspecified atom stereocenters. The van der Waals surface area contributed by atoms with E-state index >= 15 is 0 Å². The van der Waals surface area contributed by atoms with Gasteiger partial charge in [0.05, 0.1) is 11.9 Å². The fraction of sp³-hybridized carbons (Fsp3) is 0.357. The van der Waals surface area contributed by atoms with Crippen molar-refractivity contribution in [2.24, 2.45) is 5.92 Å². The van der Waals surface area contributed by atoms with Crippen molar-refractivity contribution in [3.63, 3.8) is 0 Å². The van der Waals surface area contributed by atoms with Gasteiger partial charge in [-0.15, -0.1) is 0 Å². The molecule has 0 spiro atoms. The summed E-state index contributed by atoms with van der Waals surface area (Å²) in [5, 5.41) is 2.79. The van der Waals surface area contributed by atoms with E-state index in [0.717, 1.165) is 19.1 Å². The van der Waals surface area contributed by atoms with E-state index in [9.17, 15) is 13.2 Å². The minimum absolute atomic E-state index is 0.0574. The van der Waals surface area contributed by atoms with Crippen LogP contribution in [0.1, 0.15) is 19.3 Å². The van der Waals surface area contributed by atoms with Crippen molar-refractivity contribution in [2.45, 2.75) is 19.3 Å². The van der Waals surface area contributed by atoms with Crippen LogP contribution in [0.3, 0.4) is 0 Å². The number of benzene rings is 1. The molecular weight excluding hydrogens is 276 g/mol. The third-order valence-electron chi connectivity index (χ3n) is 3.01. The molecule has 0 aliphatic heterocycles. The Labute approximate surface area is 119 Å². The Bertz CT molecular complexity index is 623. The molecule has 1 aromatic rings. The molecule has 0 aromatic heterocycles. The highest BCUT2D eigenvalue weighted by Crippen LogP contribution is 2.22. The molecule has 5 nitrogen and oxygen atoms in total. The Morgan fingerprint density at radius 1 is 1.35 bits per heavy atom. The molecule has 1 aliphatic rings. The van der Waals surface area contributed by atoms with Crippen LogP contribution in [-0.2, 0) is 14.8 Å². The van der Waals surface area contributed by atoms with Crippen molar-refractivity contribution in [3.05, 3.63) is 36.4 Å². The molecule has 6 heteroatoms. The van der Waals surface area contributed by atoms with Gasteiger partial charge in [0.25, 0.3) is 0 Å². The standard InChI is InChI=1S/C14H18N2O3S/c1-20(18,19)16-13-8-4-7-12(10-13)15-14(17)9-11-5-2-3-6-11/h2,4-5,7-8,10-11,16H,3,6,9H2,1H3,(H,15,17). The molecule has 0 heterocycles. The first-order chi connectivity index (χ1) is 9.42. The second-order valence-electron chi connectivity index (χ2n) is 4.97. The van der Waals surface area contributed by atoms with Crippen molar-refractivity contribution >= 4 is 27.3 Å². The number of allylic oxidation sites excluding steroid dienone is 2. The topological polar surface area (TPSA) is 75.3 Å². The lowest BCUT2D eigenvalue weighted by Crippen LogP contribution is -2.15. The molecule has 2 N–H and O–H groups in total. The van der Waals surface area contributed by atoms with Crippen LogP contribution in [0.25, 0.3) is 0 Å². The summed E-state index contributed by atoms with van der Waals surface area (Å²) in [4.78, 5) is 11.9. The zero-order valence-electron chi connectivity index (χ0n) is 11.3. The lowest BCUT2D eigenvalue weighted by atomic mass is 10.1. The average Bonchev–Trinajstić information content (AvgIpc) is 2.79. The minimum Gasteiger partial charge on any atom is -0.326 e. The van der Waals surface area contributed by atoms with Crippen LogP contribution in [0.2, 0.25) is 0 Å². The Morgan fingerprint density at radius 3 is 2.75 bits per heavy atom. The summed E-state index contributed by atoms with van der Waals surface area (Å²) in [6, 6.07) is 6.66. The number of amides is 1. The first-order valence-electron chi connectivity index (χ1n) is 6.47. The number of anilines is 2. The zero-order valence-corrected chi connectivity index (χ0v) is 12.1. The van der Waals surface area contributed by atoms with Crippen molar-refractivity contribution in [1.82, 2.24) is 0 Å². The Balaban J connectivity index is 1.96. The fourth-order valence-corrected chi connectivity index (χ4v) is 2.75. The summed E-state index contributed by atoms with van der Waals surface area (Å²) in [6.07, 6.45) is 7.76. The molecule has 1 amide bonds. The summed E-state index contributed by atoms with van der Waals surface area (Å²) in [5.41, 5.74) is 1.02. The van der Waals surface area contributed by atoms with Crippen molar-refractivity contribution in [1.29, 1.82) is 0 Å². The number of carbonyl (C=O) groups is 1. The Morgan fingerprint density at radius 2 is 2.10 bits per heavy atom. The van der Waals surface area contributed by atoms with Crippen LogP contribution in [-0.4, -0.2) is 20.6 Å². The van der Waals surface area contributed by atoms with Gasteiger partial charge in [-0.05, 0) is 37.0 Å². The van der Waals surface area contributed by atoms with Gasteiger partial charge in [0.1, 0.15) is 0 Å². The Hall–Kier alpha value is -1.82. The Kier molecular flexibility index (Phi) is 4.44. The maximum Gasteiger partial charge on any atom is 0.229 e. The second kappa shape index (κ2) is 6.09. The highest BCUT2D eigenvalue weighted by molar-refractivity contribution is 7.92. The van der Waals surface area contributed by atoms with Crippen molar-refractivity contribution < 1.29 is 13.2 Å². The molecule has 20 heavy (non-hydrogen) atoms. The van der Waals surface area contributed by atoms with E-state index in [1.165, 1.54) is 0 Å². The van der Waals surface area contributed by atoms with Crippen LogP contribution < -0.4 is 10.0 Å². The number of rotatable bonds is 5. The minimum atomic E-state index is -3.31. The van der Waals surface area contributed by atoms with Crippen LogP contribution in [0.5, 0.6) is 0 Å². The number of hydrogen-bond donors (Lipinski definition) is 2. The molecule has 0 bridgehead atoms. The number of sulfonamides is 1. The largest absolute Gasteiger partial charge is 0.326 e. The molecule has 108 valence electrons. The average molecular weight is 294 g/mol. The quantitative estimate of drug-likeness (QED) is 0.819. The highest BCUT2D eigenvalue weighted by atomic mass is 32.2. The van der Waals surface area contributed by atoms with Gasteiger partial charge in [0.15, 0.2) is 0 Å². The predicted molar refractivity (Wildman–Crippen MR) is 80.0 cm³/mol. The van der Waals surface area contributed by atoms with E-state index in [0.29, 0.717) is 23.7 Å². The van der Waals surface area contributed by atoms with Gasteiger partial charge in [-0.25, -0.2) is 8.42 Å². The maximum absolute atomic E-state index is 11.9. The molecule has 1 aromatic carbocycles. The summed E-state index contributed by atoms with van der Waals surface area (Å²) in [7, 11) is -3.31. The third-order valence-corrected chi connectivity index (χ3v) is 3.62. The van der Waals surface area contributed by atoms with E-state index in [4.69, 9.17) is 0 Å². The summed E-state index contributed by atoms with van der Waals surface area (Å²) in [6.45, 7) is 0. The maximum atomic E-state index is 11.9. The number of nitrogens with one attached hydrogen (secondary N) is 2. The molecule has 1 atom stereocenters. The smallest absolute Gasteiger partial charge is 0.229 e. The van der Waals surface area contributed by atoms with Gasteiger partial charge < -0.3 is 5.32 Å². The van der Waals surface area contributed by atoms with Gasteiger partial charge in [-0.1, -0.05) is 18.2 Å². The van der Waals surface area contributed by atoms with Gasteiger partial charge in [-0.3, -0.25) is 9.52 Å². The molecular formula is C14H18N2O3S. The fourth-order valence-electron chi connectivity index (χ4n) is 2.19.